The number of hydrazone groups is 1. The number of rotatable bonds is 5. The van der Waals surface area contributed by atoms with Gasteiger partial charge in [0.1, 0.15) is 5.75 Å². The lowest BCUT2D eigenvalue weighted by Gasteiger charge is -2.06. The van der Waals surface area contributed by atoms with Crippen molar-refractivity contribution in [1.29, 1.82) is 0 Å². The Kier molecular flexibility index (Phi) is 4.38. The van der Waals surface area contributed by atoms with E-state index in [1.165, 1.54) is 0 Å². The molecule has 0 atom stereocenters. The molecule has 0 saturated heterocycles. The minimum atomic E-state index is -0.302. The van der Waals surface area contributed by atoms with Gasteiger partial charge in [0.2, 0.25) is 0 Å². The number of aromatic nitrogens is 1. The Balaban J connectivity index is 1.56. The molecule has 1 amide bonds. The lowest BCUT2D eigenvalue weighted by molar-refractivity contribution is -0.123. The average Bonchev–Trinajstić information content (AvgIpc) is 3.12. The molecule has 23 heavy (non-hydrogen) atoms. The van der Waals surface area contributed by atoms with Gasteiger partial charge < -0.3 is 9.72 Å². The van der Waals surface area contributed by atoms with Crippen LogP contribution in [-0.2, 0) is 4.79 Å². The highest BCUT2D eigenvalue weighted by atomic mass is 16.5. The first kappa shape index (κ1) is 14.8. The molecule has 0 radical (unpaired) electrons. The summed E-state index contributed by atoms with van der Waals surface area (Å²) >= 11 is 0. The molecule has 0 aliphatic carbocycles. The number of hydrogen-bond donors (Lipinski definition) is 2. The summed E-state index contributed by atoms with van der Waals surface area (Å²) in [5.41, 5.74) is 4.05. The van der Waals surface area contributed by atoms with Gasteiger partial charge in [-0.15, -0.1) is 0 Å². The van der Waals surface area contributed by atoms with E-state index >= 15 is 0 Å². The van der Waals surface area contributed by atoms with Gasteiger partial charge in [-0.1, -0.05) is 30.3 Å². The van der Waals surface area contributed by atoms with Gasteiger partial charge in [-0.05, 0) is 42.0 Å². The van der Waals surface area contributed by atoms with Crippen molar-refractivity contribution in [3.63, 3.8) is 0 Å². The van der Waals surface area contributed by atoms with Crippen molar-refractivity contribution >= 4 is 22.4 Å². The predicted molar refractivity (Wildman–Crippen MR) is 90.6 cm³/mol. The Morgan fingerprint density at radius 2 is 1.96 bits per heavy atom. The summed E-state index contributed by atoms with van der Waals surface area (Å²) in [7, 11) is 0. The van der Waals surface area contributed by atoms with Crippen LogP contribution in [0.5, 0.6) is 5.75 Å². The van der Waals surface area contributed by atoms with Crippen LogP contribution in [0, 0.1) is 0 Å². The molecule has 3 aromatic rings. The number of nitrogens with zero attached hydrogens (tertiary/aromatic N) is 1. The van der Waals surface area contributed by atoms with Crippen LogP contribution in [0.25, 0.3) is 10.8 Å². The van der Waals surface area contributed by atoms with Gasteiger partial charge in [-0.2, -0.15) is 5.10 Å². The molecule has 5 heteroatoms. The first-order valence-corrected chi connectivity index (χ1v) is 7.31. The summed E-state index contributed by atoms with van der Waals surface area (Å²) < 4.78 is 5.51. The SMILES string of the molecule is CC(=NNC(=O)COc1ccc2ccccc2c1)c1ccc[nH]1. The van der Waals surface area contributed by atoms with Crippen LogP contribution in [-0.4, -0.2) is 23.2 Å². The van der Waals surface area contributed by atoms with E-state index in [1.807, 2.05) is 61.5 Å². The van der Waals surface area contributed by atoms with Crippen LogP contribution in [0.1, 0.15) is 12.6 Å². The summed E-state index contributed by atoms with van der Waals surface area (Å²) in [6.45, 7) is 1.73. The fraction of sp³-hybridized carbons (Fsp3) is 0.111. The molecule has 0 aliphatic rings. The van der Waals surface area contributed by atoms with E-state index in [1.54, 1.807) is 6.20 Å². The number of H-pyrrole nitrogens is 1. The third kappa shape index (κ3) is 3.77. The maximum absolute atomic E-state index is 11.8. The molecule has 1 aromatic heterocycles. The van der Waals surface area contributed by atoms with E-state index in [2.05, 4.69) is 15.5 Å². The molecule has 1 heterocycles. The second-order valence-electron chi connectivity index (χ2n) is 5.11. The Morgan fingerprint density at radius 1 is 1.13 bits per heavy atom. The van der Waals surface area contributed by atoms with Crippen molar-refractivity contribution in [2.75, 3.05) is 6.61 Å². The summed E-state index contributed by atoms with van der Waals surface area (Å²) in [4.78, 5) is 14.8. The van der Waals surface area contributed by atoms with Crippen molar-refractivity contribution in [3.05, 3.63) is 66.5 Å². The standard InChI is InChI=1S/C18H17N3O2/c1-13(17-7-4-10-19-17)20-21-18(22)12-23-16-9-8-14-5-2-3-6-15(14)11-16/h2-11,19H,12H2,1H3,(H,21,22). The fourth-order valence-corrected chi connectivity index (χ4v) is 2.20. The van der Waals surface area contributed by atoms with Crippen LogP contribution in [0.4, 0.5) is 0 Å². The van der Waals surface area contributed by atoms with Gasteiger partial charge in [0.05, 0.1) is 11.4 Å². The summed E-state index contributed by atoms with van der Waals surface area (Å²) in [6.07, 6.45) is 1.80. The van der Waals surface area contributed by atoms with Crippen LogP contribution in [0.2, 0.25) is 0 Å². The molecule has 2 aromatic carbocycles. The average molecular weight is 307 g/mol. The summed E-state index contributed by atoms with van der Waals surface area (Å²) in [5.74, 6) is 0.355. The highest BCUT2D eigenvalue weighted by molar-refractivity contribution is 5.97. The van der Waals surface area contributed by atoms with Gasteiger partial charge in [0.25, 0.3) is 5.91 Å². The second kappa shape index (κ2) is 6.79. The van der Waals surface area contributed by atoms with Gasteiger partial charge in [-0.3, -0.25) is 4.79 Å². The Hall–Kier alpha value is -3.08. The normalized spacial score (nSPS) is 11.4. The number of fused-ring (bicyclic) bond motifs is 1. The van der Waals surface area contributed by atoms with Gasteiger partial charge in [0, 0.05) is 6.20 Å². The third-order valence-corrected chi connectivity index (χ3v) is 3.43. The van der Waals surface area contributed by atoms with Crippen LogP contribution < -0.4 is 10.2 Å². The number of amides is 1. The number of carbonyl (C=O) groups is 1. The van der Waals surface area contributed by atoms with Crippen molar-refractivity contribution in [3.8, 4) is 5.75 Å². The molecule has 3 rings (SSSR count). The molecule has 5 nitrogen and oxygen atoms in total. The molecule has 0 fully saturated rings. The molecule has 0 spiro atoms. The number of aromatic amines is 1. The monoisotopic (exact) mass is 307 g/mol. The highest BCUT2D eigenvalue weighted by Gasteiger charge is 2.04. The number of carbonyl (C=O) groups excluding carboxylic acids is 1. The molecular formula is C18H17N3O2. The number of hydrogen-bond acceptors (Lipinski definition) is 3. The highest BCUT2D eigenvalue weighted by Crippen LogP contribution is 2.20. The molecule has 0 bridgehead atoms. The topological polar surface area (TPSA) is 66.5 Å². The first-order chi connectivity index (χ1) is 11.2. The van der Waals surface area contributed by atoms with E-state index in [4.69, 9.17) is 4.74 Å². The Bertz CT molecular complexity index is 838. The lowest BCUT2D eigenvalue weighted by Crippen LogP contribution is -2.25. The number of ether oxygens (including phenoxy) is 1. The maximum Gasteiger partial charge on any atom is 0.277 e. The minimum Gasteiger partial charge on any atom is -0.484 e. The van der Waals surface area contributed by atoms with E-state index in [0.29, 0.717) is 11.5 Å². The van der Waals surface area contributed by atoms with Crippen LogP contribution in [0.15, 0.2) is 65.9 Å². The number of nitrogens with one attached hydrogen (secondary N) is 2. The Labute approximate surface area is 134 Å². The largest absolute Gasteiger partial charge is 0.484 e. The minimum absolute atomic E-state index is 0.0835. The van der Waals surface area contributed by atoms with Gasteiger partial charge in [0.15, 0.2) is 6.61 Å². The second-order valence-corrected chi connectivity index (χ2v) is 5.11. The third-order valence-electron chi connectivity index (χ3n) is 3.43. The summed E-state index contributed by atoms with van der Waals surface area (Å²) in [6, 6.07) is 17.5. The van der Waals surface area contributed by atoms with E-state index in [9.17, 15) is 4.79 Å². The molecule has 0 unspecified atom stereocenters. The van der Waals surface area contributed by atoms with Gasteiger partial charge in [-0.25, -0.2) is 5.43 Å². The van der Waals surface area contributed by atoms with Gasteiger partial charge >= 0.3 is 0 Å². The van der Waals surface area contributed by atoms with Crippen LogP contribution >= 0.6 is 0 Å². The summed E-state index contributed by atoms with van der Waals surface area (Å²) in [5, 5.41) is 6.24. The van der Waals surface area contributed by atoms with Crippen molar-refractivity contribution in [1.82, 2.24) is 10.4 Å². The van der Waals surface area contributed by atoms with Crippen molar-refractivity contribution in [2.24, 2.45) is 5.10 Å². The lowest BCUT2D eigenvalue weighted by atomic mass is 10.1. The predicted octanol–water partition coefficient (Wildman–Crippen LogP) is 3.09. The molecule has 0 aliphatic heterocycles. The maximum atomic E-state index is 11.8. The quantitative estimate of drug-likeness (QED) is 0.562. The molecule has 2 N–H and O–H groups in total. The number of benzene rings is 2. The smallest absolute Gasteiger partial charge is 0.277 e. The Morgan fingerprint density at radius 3 is 2.74 bits per heavy atom. The first-order valence-electron chi connectivity index (χ1n) is 7.31. The van der Waals surface area contributed by atoms with E-state index < -0.39 is 0 Å². The zero-order valence-corrected chi connectivity index (χ0v) is 12.7. The zero-order valence-electron chi connectivity index (χ0n) is 12.7. The molecule has 0 saturated carbocycles. The molecular weight excluding hydrogens is 290 g/mol. The van der Waals surface area contributed by atoms with Crippen LogP contribution in [0.3, 0.4) is 0 Å². The van der Waals surface area contributed by atoms with E-state index in [0.717, 1.165) is 16.5 Å². The zero-order chi connectivity index (χ0) is 16.1. The molecule has 116 valence electrons. The van der Waals surface area contributed by atoms with E-state index in [-0.39, 0.29) is 12.5 Å². The fourth-order valence-electron chi connectivity index (χ4n) is 2.20. The van der Waals surface area contributed by atoms with Crippen molar-refractivity contribution < 1.29 is 9.53 Å². The van der Waals surface area contributed by atoms with Crippen molar-refractivity contribution in [2.45, 2.75) is 6.92 Å².